The molecule has 0 nitrogen and oxygen atoms in total. The van der Waals surface area contributed by atoms with Gasteiger partial charge in [0.05, 0.1) is 0 Å². The molecule has 4 rings (SSSR count). The van der Waals surface area contributed by atoms with E-state index in [0.29, 0.717) is 0 Å². The Bertz CT molecular complexity index is 924. The van der Waals surface area contributed by atoms with Crippen LogP contribution in [0.15, 0.2) is 0 Å². The number of hydrogen-bond acceptors (Lipinski definition) is 0. The molecule has 0 bridgehead atoms. The van der Waals surface area contributed by atoms with Gasteiger partial charge in [0.2, 0.25) is 0 Å². The van der Waals surface area contributed by atoms with Crippen LogP contribution in [0.5, 0.6) is 0 Å². The van der Waals surface area contributed by atoms with Gasteiger partial charge in [-0.25, -0.2) is 0 Å². The third-order valence-corrected chi connectivity index (χ3v) is 8.27. The monoisotopic (exact) mass is 712 g/mol. The summed E-state index contributed by atoms with van der Waals surface area (Å²) < 4.78 is 0. The molecule has 0 heterocycles. The van der Waals surface area contributed by atoms with Gasteiger partial charge < -0.3 is 6.42 Å². The predicted molar refractivity (Wildman–Crippen MR) is 146 cm³/mol. The minimum Gasteiger partial charge on any atom is -0.325 e. The summed E-state index contributed by atoms with van der Waals surface area (Å²) in [5, 5.41) is 0. The molecule has 0 spiro atoms. The van der Waals surface area contributed by atoms with Gasteiger partial charge in [-0.3, -0.25) is 0 Å². The molecule has 0 aliphatic heterocycles. The van der Waals surface area contributed by atoms with Crippen LogP contribution in [-0.4, -0.2) is 0 Å². The van der Waals surface area contributed by atoms with E-state index in [0.717, 1.165) is 18.3 Å². The smallest absolute Gasteiger partial charge is 0 e. The Labute approximate surface area is 300 Å². The fourth-order valence-electron chi connectivity index (χ4n) is 5.30. The quantitative estimate of drug-likeness (QED) is 0.273. The van der Waals surface area contributed by atoms with E-state index in [2.05, 4.69) is 87.8 Å². The molecular formula is C33H49Y3-3. The first kappa shape index (κ1) is 39.9. The Balaban J connectivity index is 0. The SMILES string of the molecule is CCC1[CH-]CCCC1.CCc1[c-]c(C)c(C)c(C)c1C.Cc1[c-]c2c(c(C)c1C)CC(C)C2.[Y].[Y].[Y]. The molecule has 2 aromatic rings. The van der Waals surface area contributed by atoms with E-state index in [1.807, 2.05) is 0 Å². The molecule has 2 aromatic carbocycles. The van der Waals surface area contributed by atoms with Crippen molar-refractivity contribution in [1.29, 1.82) is 0 Å². The summed E-state index contributed by atoms with van der Waals surface area (Å²) in [7, 11) is 0. The van der Waals surface area contributed by atoms with Crippen LogP contribution in [0.4, 0.5) is 0 Å². The number of benzene rings is 2. The maximum atomic E-state index is 3.53. The predicted octanol–water partition coefficient (Wildman–Crippen LogP) is 9.21. The summed E-state index contributed by atoms with van der Waals surface area (Å²) >= 11 is 0. The van der Waals surface area contributed by atoms with Crippen molar-refractivity contribution in [3.8, 4) is 0 Å². The maximum Gasteiger partial charge on any atom is 0 e. The molecule has 193 valence electrons. The standard InChI is InChI=1S/C13H17.C12H17.C8H15.3Y/c1-8-5-12-7-9(2)10(3)11(4)13(12)6-8;1-6-12-7-8(2)9(3)10(4)11(12)5;1-2-8-6-4-3-5-7-8;;;/h8H,5-6H2,1-4H3;6H2,1-5H3;6,8H,2-5,7H2,1H3;;;/q3*-1;;;. The molecule has 0 amide bonds. The zero-order chi connectivity index (χ0) is 24.7. The summed E-state index contributed by atoms with van der Waals surface area (Å²) in [6.45, 7) is 22.1. The van der Waals surface area contributed by atoms with Crippen molar-refractivity contribution >= 4 is 0 Å². The molecular weight excluding hydrogens is 663 g/mol. The van der Waals surface area contributed by atoms with Crippen molar-refractivity contribution in [3.05, 3.63) is 74.2 Å². The Morgan fingerprint density at radius 3 is 1.81 bits per heavy atom. The second-order valence-electron chi connectivity index (χ2n) is 10.6. The first-order chi connectivity index (χ1) is 15.6. The zero-order valence-electron chi connectivity index (χ0n) is 25.1. The summed E-state index contributed by atoms with van der Waals surface area (Å²) in [5.74, 6) is 1.79. The molecule has 36 heavy (non-hydrogen) atoms. The van der Waals surface area contributed by atoms with E-state index < -0.39 is 0 Å². The van der Waals surface area contributed by atoms with E-state index in [9.17, 15) is 0 Å². The van der Waals surface area contributed by atoms with Crippen molar-refractivity contribution in [2.24, 2.45) is 11.8 Å². The molecule has 2 unspecified atom stereocenters. The fraction of sp³-hybridized carbons (Fsp3) is 0.606. The third-order valence-electron chi connectivity index (χ3n) is 8.27. The largest absolute Gasteiger partial charge is 0.325 e. The first-order valence-electron chi connectivity index (χ1n) is 13.4. The van der Waals surface area contributed by atoms with Gasteiger partial charge in [-0.15, -0.1) is 5.56 Å². The molecule has 0 aromatic heterocycles. The maximum absolute atomic E-state index is 3.53. The van der Waals surface area contributed by atoms with Gasteiger partial charge in [0.1, 0.15) is 0 Å². The van der Waals surface area contributed by atoms with Gasteiger partial charge in [-0.05, 0) is 12.3 Å². The second kappa shape index (κ2) is 19.8. The Hall–Kier alpha value is 1.75. The number of fused-ring (bicyclic) bond motifs is 1. The van der Waals surface area contributed by atoms with Crippen molar-refractivity contribution in [3.63, 3.8) is 0 Å². The molecule has 3 radical (unpaired) electrons. The summed E-state index contributed by atoms with van der Waals surface area (Å²) in [6.07, 6.45) is 13.2. The van der Waals surface area contributed by atoms with Crippen LogP contribution in [0.25, 0.3) is 0 Å². The van der Waals surface area contributed by atoms with E-state index in [-0.39, 0.29) is 98.1 Å². The van der Waals surface area contributed by atoms with Gasteiger partial charge in [0.25, 0.3) is 0 Å². The molecule has 0 saturated heterocycles. The topological polar surface area (TPSA) is 0 Å². The van der Waals surface area contributed by atoms with Crippen molar-refractivity contribution in [2.45, 2.75) is 121 Å². The minimum atomic E-state index is 0. The van der Waals surface area contributed by atoms with Gasteiger partial charge in [0.15, 0.2) is 0 Å². The normalized spacial score (nSPS) is 17.6. The summed E-state index contributed by atoms with van der Waals surface area (Å²) in [5.41, 5.74) is 14.3. The molecule has 1 fully saturated rings. The number of hydrogen-bond donors (Lipinski definition) is 0. The molecule has 0 N–H and O–H groups in total. The van der Waals surface area contributed by atoms with Gasteiger partial charge in [0, 0.05) is 98.1 Å². The van der Waals surface area contributed by atoms with E-state index in [1.54, 1.807) is 5.56 Å². The van der Waals surface area contributed by atoms with Crippen molar-refractivity contribution in [1.82, 2.24) is 0 Å². The van der Waals surface area contributed by atoms with E-state index in [1.165, 1.54) is 95.0 Å². The molecule has 2 atom stereocenters. The van der Waals surface area contributed by atoms with Crippen LogP contribution < -0.4 is 0 Å². The Morgan fingerprint density at radius 2 is 1.31 bits per heavy atom. The molecule has 2 aliphatic rings. The van der Waals surface area contributed by atoms with Crippen molar-refractivity contribution < 1.29 is 98.1 Å². The van der Waals surface area contributed by atoms with Gasteiger partial charge >= 0.3 is 0 Å². The van der Waals surface area contributed by atoms with Crippen LogP contribution in [0, 0.1) is 78.9 Å². The molecule has 1 saturated carbocycles. The van der Waals surface area contributed by atoms with Crippen LogP contribution in [0.1, 0.15) is 109 Å². The van der Waals surface area contributed by atoms with Crippen LogP contribution >= 0.6 is 0 Å². The van der Waals surface area contributed by atoms with Crippen LogP contribution in [-0.2, 0) is 117 Å². The minimum absolute atomic E-state index is 0. The molecule has 3 heteroatoms. The Kier molecular flexibility index (Phi) is 21.9. The summed E-state index contributed by atoms with van der Waals surface area (Å²) in [6, 6.07) is 6.96. The first-order valence-corrected chi connectivity index (χ1v) is 13.4. The van der Waals surface area contributed by atoms with Gasteiger partial charge in [-0.1, -0.05) is 108 Å². The van der Waals surface area contributed by atoms with Crippen molar-refractivity contribution in [2.75, 3.05) is 0 Å². The molecule has 2 aliphatic carbocycles. The Morgan fingerprint density at radius 1 is 0.722 bits per heavy atom. The van der Waals surface area contributed by atoms with Crippen LogP contribution in [0.2, 0.25) is 0 Å². The number of rotatable bonds is 2. The average molecular weight is 712 g/mol. The third kappa shape index (κ3) is 11.3. The second-order valence-corrected chi connectivity index (χ2v) is 10.6. The number of aryl methyl sites for hydroxylation is 3. The summed E-state index contributed by atoms with van der Waals surface area (Å²) in [4.78, 5) is 0. The zero-order valence-corrected chi connectivity index (χ0v) is 33.6. The van der Waals surface area contributed by atoms with Gasteiger partial charge in [-0.2, -0.15) is 74.5 Å². The average Bonchev–Trinajstić information content (AvgIpc) is 3.20. The van der Waals surface area contributed by atoms with E-state index >= 15 is 0 Å². The van der Waals surface area contributed by atoms with E-state index in [4.69, 9.17) is 0 Å². The fourth-order valence-corrected chi connectivity index (χ4v) is 5.30. The van der Waals surface area contributed by atoms with Crippen LogP contribution in [0.3, 0.4) is 0 Å².